The van der Waals surface area contributed by atoms with Crippen molar-refractivity contribution in [2.75, 3.05) is 39.6 Å². The molecule has 15 atom stereocenters. The smallest absolute Gasteiger partial charge is 0.226 e. The van der Waals surface area contributed by atoms with E-state index in [9.17, 15) is 45.6 Å². The Kier molecular flexibility index (Phi) is 22.5. The Morgan fingerprint density at radius 3 is 2.40 bits per heavy atom. The van der Waals surface area contributed by atoms with Gasteiger partial charge >= 0.3 is 0 Å². The van der Waals surface area contributed by atoms with Gasteiger partial charge in [-0.2, -0.15) is 0 Å². The van der Waals surface area contributed by atoms with Crippen molar-refractivity contribution in [2.45, 2.75) is 234 Å². The van der Waals surface area contributed by atoms with Crippen LogP contribution in [-0.4, -0.2) is 133 Å². The molecule has 0 unspecified atom stereocenters. The van der Waals surface area contributed by atoms with Crippen molar-refractivity contribution in [3.05, 3.63) is 77.1 Å². The highest BCUT2D eigenvalue weighted by atomic mass is 33.1. The van der Waals surface area contributed by atoms with Gasteiger partial charge < -0.3 is 79.7 Å². The Bertz CT molecular complexity index is 3230. The zero-order valence-corrected chi connectivity index (χ0v) is 56.3. The molecular formula is C74H103N3O14S2. The molecular weight excluding hydrogens is 1220 g/mol. The van der Waals surface area contributed by atoms with Gasteiger partial charge in [-0.15, -0.1) is 5.92 Å². The van der Waals surface area contributed by atoms with Crippen LogP contribution in [0, 0.1) is 58.2 Å². The number of fused-ring (bicyclic) bond motifs is 8. The summed E-state index contributed by atoms with van der Waals surface area (Å²) in [4.78, 5) is 14.4. The van der Waals surface area contributed by atoms with E-state index in [1.54, 1.807) is 12.1 Å². The zero-order chi connectivity index (χ0) is 64.9. The predicted octanol–water partition coefficient (Wildman–Crippen LogP) is 11.4. The number of phenolic OH excluding ortho intramolecular Hbond substituents is 2. The number of hydrogen-bond acceptors (Lipinski definition) is 17. The quantitative estimate of drug-likeness (QED) is 0.0469. The first-order chi connectivity index (χ1) is 45.1. The molecule has 8 bridgehead atoms. The molecule has 10 N–H and O–H groups in total. The van der Waals surface area contributed by atoms with Crippen LogP contribution in [0.1, 0.15) is 195 Å². The lowest BCUT2D eigenvalue weighted by atomic mass is 9.51. The lowest BCUT2D eigenvalue weighted by molar-refractivity contribution is -0.133. The lowest BCUT2D eigenvalue weighted by Gasteiger charge is -2.53. The Hall–Kier alpha value is -4.43. The average Bonchev–Trinajstić information content (AvgIpc) is 1.20. The molecule has 4 aliphatic carbocycles. The van der Waals surface area contributed by atoms with Gasteiger partial charge in [-0.1, -0.05) is 97.6 Å². The third-order valence-corrected chi connectivity index (χ3v) is 26.4. The van der Waals surface area contributed by atoms with E-state index in [-0.39, 0.29) is 102 Å². The molecule has 1 amide bonds. The van der Waals surface area contributed by atoms with Crippen molar-refractivity contribution >= 4 is 38.3 Å². The van der Waals surface area contributed by atoms with Crippen molar-refractivity contribution < 1.29 is 69.3 Å². The molecule has 510 valence electrons. The van der Waals surface area contributed by atoms with Gasteiger partial charge in [0.1, 0.15) is 13.5 Å². The van der Waals surface area contributed by atoms with Gasteiger partial charge in [0.25, 0.3) is 0 Å². The number of aryl methyl sites for hydroxylation is 1. The van der Waals surface area contributed by atoms with Crippen molar-refractivity contribution in [3.8, 4) is 40.6 Å². The molecule has 13 rings (SSSR count). The maximum Gasteiger partial charge on any atom is 0.226 e. The minimum Gasteiger partial charge on any atom is -0.504 e. The molecule has 1 aromatic heterocycles. The summed E-state index contributed by atoms with van der Waals surface area (Å²) in [6.07, 6.45) is 20.2. The predicted molar refractivity (Wildman–Crippen MR) is 361 cm³/mol. The van der Waals surface area contributed by atoms with Crippen LogP contribution in [-0.2, 0) is 33.8 Å². The molecule has 4 aromatic rings. The van der Waals surface area contributed by atoms with Crippen LogP contribution >= 0.6 is 21.6 Å². The fourth-order valence-corrected chi connectivity index (χ4v) is 21.8. The first-order valence-corrected chi connectivity index (χ1v) is 37.6. The van der Waals surface area contributed by atoms with Gasteiger partial charge in [-0.25, -0.2) is 0 Å². The standard InChI is InChI=1S/C74H103N3O14S2/c1-46-15-18-51-19-22-60(80)69-59(76-71(86)73(69)26-7-4-8-27-73)14-10-29-88-43-77-40-50-12-9-13-54(57(50)41-77)62(82)37-68-55-36-63(83)65(91-53-21-17-49-39-75-72(23-5-3-6-24-72)25-11-28-74(51,38-46)58(49)34-53)33-48(55)16-20-52(89-44-78)35-61(81)56(64(84)42-92-93-68)30-47-31-66(87-2)70(85)67(32-47)90-45-79/h9,12-13,31-33,36,40-41,46,49,51-53,56,58-62,64,68-69,75,78-85H,3-8,10,14-27,29-30,34-35,37-39,42-45H2,1-2H3,(H,76,86)/t46-,49-,51+,52+,53-,56+,58+,59-,60+,61-,62-,64-,68+,69+,74+/m1/s1. The molecule has 17 nitrogen and oxygen atoms in total. The maximum atomic E-state index is 14.4. The summed E-state index contributed by atoms with van der Waals surface area (Å²) >= 11 is 0. The number of hydrogen-bond donors (Lipinski definition) is 10. The number of benzene rings is 3. The van der Waals surface area contributed by atoms with Crippen molar-refractivity contribution in [3.63, 3.8) is 0 Å². The molecule has 0 radical (unpaired) electrons. The maximum absolute atomic E-state index is 14.4. The fourth-order valence-electron chi connectivity index (χ4n) is 18.8. The van der Waals surface area contributed by atoms with E-state index in [0.717, 1.165) is 130 Å². The normalized spacial score (nSPS) is 33.9. The van der Waals surface area contributed by atoms with Crippen LogP contribution in [0.25, 0.3) is 10.8 Å². The number of aromatic hydroxyl groups is 2. The third-order valence-electron chi connectivity index (χ3n) is 23.6. The van der Waals surface area contributed by atoms with Crippen molar-refractivity contribution in [2.24, 2.45) is 46.3 Å². The third kappa shape index (κ3) is 15.0. The summed E-state index contributed by atoms with van der Waals surface area (Å²) in [6, 6.07) is 12.7. The van der Waals surface area contributed by atoms with Crippen molar-refractivity contribution in [1.29, 1.82) is 0 Å². The summed E-state index contributed by atoms with van der Waals surface area (Å²) < 4.78 is 32.6. The molecule has 4 saturated carbocycles. The van der Waals surface area contributed by atoms with E-state index in [2.05, 4.69) is 29.4 Å². The van der Waals surface area contributed by atoms with Crippen LogP contribution in [0.5, 0.6) is 28.7 Å². The number of carbonyl (C=O) groups excluding carboxylic acids is 1. The number of ether oxygens (including phenoxy) is 5. The number of aliphatic hydroxyl groups excluding tert-OH is 6. The monoisotopic (exact) mass is 1320 g/mol. The van der Waals surface area contributed by atoms with E-state index in [4.69, 9.17) is 23.7 Å². The molecule has 3 spiro atoms. The largest absolute Gasteiger partial charge is 0.504 e. The van der Waals surface area contributed by atoms with E-state index in [1.165, 1.54) is 48.0 Å². The second kappa shape index (κ2) is 30.5. The Morgan fingerprint density at radius 1 is 0.806 bits per heavy atom. The number of nitrogens with zero attached hydrogens (tertiary/aromatic N) is 1. The number of phenols is 2. The molecule has 9 aliphatic rings. The van der Waals surface area contributed by atoms with E-state index in [1.807, 2.05) is 47.3 Å². The van der Waals surface area contributed by atoms with Gasteiger partial charge in [0.15, 0.2) is 29.8 Å². The van der Waals surface area contributed by atoms with Crippen LogP contribution in [0.4, 0.5) is 0 Å². The highest BCUT2D eigenvalue weighted by Crippen LogP contribution is 2.59. The minimum absolute atomic E-state index is 0.00803. The summed E-state index contributed by atoms with van der Waals surface area (Å²) in [6.45, 7) is 2.75. The van der Waals surface area contributed by atoms with Crippen LogP contribution in [0.3, 0.4) is 0 Å². The van der Waals surface area contributed by atoms with Crippen LogP contribution in [0.2, 0.25) is 0 Å². The SMILES string of the molecule is COc1cc(C[C@@H]2[C@H](O)CSS[C@H]3C[C@@H](O)c4cccc5cn(cc45)COCCC[C@H]4NC(=O)C5(CCCCC5)[C@@H]4[C@@H](O)CC[C@@H]4CC[C@@H](C)C[C@@]45C#CCC4(CCCCC4)NC[C@H]4CC[C@H](C[C@@H]45)Oc4cc(c3cc4O)CC[C@H](OCO)C[C@H]2O)cc(OCO)c1O. The van der Waals surface area contributed by atoms with Crippen LogP contribution in [0.15, 0.2) is 54.9 Å². The average molecular weight is 1320 g/mol. The van der Waals surface area contributed by atoms with E-state index >= 15 is 0 Å². The lowest BCUT2D eigenvalue weighted by Crippen LogP contribution is -2.53. The first kappa shape index (κ1) is 68.5. The van der Waals surface area contributed by atoms with Gasteiger partial charge in [0.05, 0.1) is 49.1 Å². The molecule has 5 aliphatic heterocycles. The van der Waals surface area contributed by atoms with Crippen molar-refractivity contribution in [1.82, 2.24) is 15.2 Å². The van der Waals surface area contributed by atoms with Gasteiger partial charge in [-0.05, 0) is 198 Å². The van der Waals surface area contributed by atoms with E-state index < -0.39 is 60.7 Å². The number of aliphatic hydroxyl groups is 6. The molecule has 6 heterocycles. The number of nitrogens with one attached hydrogen (secondary N) is 2. The second-order valence-electron chi connectivity index (χ2n) is 29.3. The Labute approximate surface area is 557 Å². The number of aromatic nitrogens is 1. The highest BCUT2D eigenvalue weighted by Gasteiger charge is 2.58. The Morgan fingerprint density at radius 2 is 1.60 bits per heavy atom. The summed E-state index contributed by atoms with van der Waals surface area (Å²) in [7, 11) is 4.32. The second-order valence-corrected chi connectivity index (χ2v) is 31.9. The fraction of sp³-hybridized carbons (Fsp3) is 0.689. The van der Waals surface area contributed by atoms with Crippen LogP contribution < -0.4 is 24.8 Å². The molecule has 93 heavy (non-hydrogen) atoms. The van der Waals surface area contributed by atoms with Gasteiger partial charge in [0.2, 0.25) is 11.7 Å². The number of methoxy groups -OCH3 is 1. The van der Waals surface area contributed by atoms with Gasteiger partial charge in [-0.3, -0.25) is 4.79 Å². The summed E-state index contributed by atoms with van der Waals surface area (Å²) in [5.74, 6) is 8.82. The van der Waals surface area contributed by atoms with Gasteiger partial charge in [0, 0.05) is 70.6 Å². The molecule has 1 saturated heterocycles. The molecule has 5 fully saturated rings. The summed E-state index contributed by atoms with van der Waals surface area (Å²) in [5.41, 5.74) is 2.04. The number of amides is 1. The molecule has 3 aromatic carbocycles. The topological polar surface area (TPSA) is 254 Å². The first-order valence-electron chi connectivity index (χ1n) is 35.2. The van der Waals surface area contributed by atoms with E-state index in [0.29, 0.717) is 61.9 Å². The molecule has 19 heteroatoms. The minimum atomic E-state index is -1.13. The number of carbonyl (C=O) groups is 1. The highest BCUT2D eigenvalue weighted by molar-refractivity contribution is 8.76. The summed E-state index contributed by atoms with van der Waals surface area (Å²) in [5, 5.41) is 103. The zero-order valence-electron chi connectivity index (χ0n) is 54.7. The Balaban J connectivity index is 0.918. The number of rotatable bonds is 7.